The van der Waals surface area contributed by atoms with Crippen molar-refractivity contribution in [2.24, 2.45) is 17.6 Å². The smallest absolute Gasteiger partial charge is 0.0602 e. The highest BCUT2D eigenvalue weighted by atomic mass is 16.3. The summed E-state index contributed by atoms with van der Waals surface area (Å²) in [4.78, 5) is 2.58. The maximum atomic E-state index is 9.77. The number of aliphatic hydroxyl groups excluding tert-OH is 1. The Morgan fingerprint density at radius 3 is 2.39 bits per heavy atom. The van der Waals surface area contributed by atoms with Crippen molar-refractivity contribution in [2.75, 3.05) is 13.2 Å². The standard InChI is InChI=1S/C15H28N2O/c16-15(12-7-8-12)14(10-18)17-9-3-6-13(17)11-4-1-2-5-11/h11-15,18H,1-10,16H2. The normalized spacial score (nSPS) is 34.0. The molecular weight excluding hydrogens is 224 g/mol. The summed E-state index contributed by atoms with van der Waals surface area (Å²) in [6, 6.07) is 1.15. The van der Waals surface area contributed by atoms with E-state index in [1.165, 1.54) is 51.4 Å². The van der Waals surface area contributed by atoms with Crippen molar-refractivity contribution >= 4 is 0 Å². The lowest BCUT2D eigenvalue weighted by Crippen LogP contribution is -2.54. The molecule has 1 saturated heterocycles. The maximum absolute atomic E-state index is 9.77. The van der Waals surface area contributed by atoms with E-state index in [-0.39, 0.29) is 18.7 Å². The van der Waals surface area contributed by atoms with E-state index < -0.39 is 0 Å². The van der Waals surface area contributed by atoms with Crippen LogP contribution in [0.1, 0.15) is 51.4 Å². The Hall–Kier alpha value is -0.120. The zero-order valence-electron chi connectivity index (χ0n) is 11.4. The molecule has 0 aromatic heterocycles. The predicted molar refractivity (Wildman–Crippen MR) is 73.3 cm³/mol. The van der Waals surface area contributed by atoms with E-state index in [4.69, 9.17) is 5.73 Å². The Morgan fingerprint density at radius 2 is 1.78 bits per heavy atom. The highest BCUT2D eigenvalue weighted by molar-refractivity contribution is 4.98. The Labute approximate surface area is 111 Å². The van der Waals surface area contributed by atoms with Crippen molar-refractivity contribution in [1.29, 1.82) is 0 Å². The van der Waals surface area contributed by atoms with Crippen molar-refractivity contribution in [3.05, 3.63) is 0 Å². The predicted octanol–water partition coefficient (Wildman–Crippen LogP) is 1.74. The molecule has 0 spiro atoms. The molecule has 1 heterocycles. The number of aliphatic hydroxyl groups is 1. The number of likely N-dealkylation sites (tertiary alicyclic amines) is 1. The van der Waals surface area contributed by atoms with Crippen LogP contribution in [-0.2, 0) is 0 Å². The fourth-order valence-corrected chi connectivity index (χ4v) is 4.32. The molecule has 0 radical (unpaired) electrons. The summed E-state index contributed by atoms with van der Waals surface area (Å²) in [5, 5.41) is 9.77. The van der Waals surface area contributed by atoms with Gasteiger partial charge in [0.25, 0.3) is 0 Å². The van der Waals surface area contributed by atoms with E-state index in [0.717, 1.165) is 18.5 Å². The molecule has 0 bridgehead atoms. The second-order valence-electron chi connectivity index (χ2n) is 6.66. The summed E-state index contributed by atoms with van der Waals surface area (Å²) in [6.45, 7) is 1.41. The second kappa shape index (κ2) is 5.48. The molecule has 2 saturated carbocycles. The first-order valence-electron chi connectivity index (χ1n) is 7.93. The highest BCUT2D eigenvalue weighted by Crippen LogP contribution is 2.39. The SMILES string of the molecule is NC(C1CC1)C(CO)N1CCCC1C1CCCC1. The monoisotopic (exact) mass is 252 g/mol. The van der Waals surface area contributed by atoms with Crippen LogP contribution in [0, 0.1) is 11.8 Å². The lowest BCUT2D eigenvalue weighted by molar-refractivity contribution is 0.0666. The first-order chi connectivity index (χ1) is 8.81. The van der Waals surface area contributed by atoms with E-state index in [1.54, 1.807) is 0 Å². The van der Waals surface area contributed by atoms with Gasteiger partial charge in [0.15, 0.2) is 0 Å². The molecule has 3 rings (SSSR count). The number of hydrogen-bond donors (Lipinski definition) is 2. The van der Waals surface area contributed by atoms with Gasteiger partial charge in [-0.15, -0.1) is 0 Å². The van der Waals surface area contributed by atoms with Crippen LogP contribution in [0.15, 0.2) is 0 Å². The fourth-order valence-electron chi connectivity index (χ4n) is 4.32. The van der Waals surface area contributed by atoms with Crippen molar-refractivity contribution in [3.8, 4) is 0 Å². The molecule has 3 aliphatic rings. The first-order valence-corrected chi connectivity index (χ1v) is 7.93. The van der Waals surface area contributed by atoms with E-state index in [0.29, 0.717) is 5.92 Å². The van der Waals surface area contributed by atoms with Crippen LogP contribution in [0.3, 0.4) is 0 Å². The van der Waals surface area contributed by atoms with Crippen molar-refractivity contribution < 1.29 is 5.11 Å². The molecule has 2 aliphatic carbocycles. The van der Waals surface area contributed by atoms with Gasteiger partial charge in [0.1, 0.15) is 0 Å². The van der Waals surface area contributed by atoms with Crippen LogP contribution in [-0.4, -0.2) is 41.3 Å². The molecule has 0 amide bonds. The summed E-state index contributed by atoms with van der Waals surface area (Å²) < 4.78 is 0. The third-order valence-electron chi connectivity index (χ3n) is 5.51. The molecule has 3 nitrogen and oxygen atoms in total. The van der Waals surface area contributed by atoms with Gasteiger partial charge in [-0.25, -0.2) is 0 Å². The van der Waals surface area contributed by atoms with Crippen molar-refractivity contribution in [3.63, 3.8) is 0 Å². The van der Waals surface area contributed by atoms with Gasteiger partial charge < -0.3 is 10.8 Å². The van der Waals surface area contributed by atoms with Crippen molar-refractivity contribution in [1.82, 2.24) is 4.90 Å². The van der Waals surface area contributed by atoms with Crippen LogP contribution in [0.5, 0.6) is 0 Å². The van der Waals surface area contributed by atoms with Crippen LogP contribution in [0.2, 0.25) is 0 Å². The van der Waals surface area contributed by atoms with Crippen LogP contribution >= 0.6 is 0 Å². The first kappa shape index (κ1) is 12.9. The van der Waals surface area contributed by atoms with E-state index >= 15 is 0 Å². The third kappa shape index (κ3) is 2.45. The Morgan fingerprint density at radius 1 is 1.06 bits per heavy atom. The fraction of sp³-hybridized carbons (Fsp3) is 1.00. The molecule has 3 fully saturated rings. The van der Waals surface area contributed by atoms with Gasteiger partial charge in [-0.1, -0.05) is 12.8 Å². The molecule has 3 N–H and O–H groups in total. The minimum atomic E-state index is 0.206. The Bertz CT molecular complexity index is 274. The van der Waals surface area contributed by atoms with Crippen LogP contribution in [0.25, 0.3) is 0 Å². The zero-order chi connectivity index (χ0) is 12.5. The van der Waals surface area contributed by atoms with Gasteiger partial charge in [0, 0.05) is 18.1 Å². The van der Waals surface area contributed by atoms with Gasteiger partial charge >= 0.3 is 0 Å². The maximum Gasteiger partial charge on any atom is 0.0602 e. The molecule has 1 aliphatic heterocycles. The molecule has 3 heteroatoms. The summed E-state index contributed by atoms with van der Waals surface area (Å²) in [5.41, 5.74) is 6.37. The van der Waals surface area contributed by atoms with E-state index in [2.05, 4.69) is 4.90 Å². The lowest BCUT2D eigenvalue weighted by atomic mass is 9.93. The summed E-state index contributed by atoms with van der Waals surface area (Å²) in [5.74, 6) is 1.57. The minimum absolute atomic E-state index is 0.206. The number of nitrogens with two attached hydrogens (primary N) is 1. The summed E-state index contributed by atoms with van der Waals surface area (Å²) in [7, 11) is 0. The molecule has 3 unspecified atom stereocenters. The van der Waals surface area contributed by atoms with Crippen molar-refractivity contribution in [2.45, 2.75) is 69.5 Å². The summed E-state index contributed by atoms with van der Waals surface area (Å²) >= 11 is 0. The Kier molecular flexibility index (Phi) is 3.92. The van der Waals surface area contributed by atoms with Gasteiger partial charge in [-0.05, 0) is 56.9 Å². The number of nitrogens with zero attached hydrogens (tertiary/aromatic N) is 1. The summed E-state index contributed by atoms with van der Waals surface area (Å²) in [6.07, 6.45) is 10.8. The molecule has 104 valence electrons. The molecule has 0 aromatic rings. The quantitative estimate of drug-likeness (QED) is 0.783. The van der Waals surface area contributed by atoms with Crippen LogP contribution in [0.4, 0.5) is 0 Å². The van der Waals surface area contributed by atoms with Gasteiger partial charge in [0.2, 0.25) is 0 Å². The number of rotatable bonds is 5. The van der Waals surface area contributed by atoms with Gasteiger partial charge in [0.05, 0.1) is 6.61 Å². The second-order valence-corrected chi connectivity index (χ2v) is 6.66. The largest absolute Gasteiger partial charge is 0.395 e. The van der Waals surface area contributed by atoms with Gasteiger partial charge in [-0.3, -0.25) is 4.90 Å². The topological polar surface area (TPSA) is 49.5 Å². The van der Waals surface area contributed by atoms with Crippen LogP contribution < -0.4 is 5.73 Å². The molecule has 18 heavy (non-hydrogen) atoms. The highest BCUT2D eigenvalue weighted by Gasteiger charge is 2.42. The van der Waals surface area contributed by atoms with E-state index in [9.17, 15) is 5.11 Å². The Balaban J connectivity index is 1.67. The van der Waals surface area contributed by atoms with E-state index in [1.807, 2.05) is 0 Å². The third-order valence-corrected chi connectivity index (χ3v) is 5.51. The average Bonchev–Trinajstić information content (AvgIpc) is 2.90. The average molecular weight is 252 g/mol. The molecule has 3 atom stereocenters. The number of hydrogen-bond acceptors (Lipinski definition) is 3. The molecular formula is C15H28N2O. The van der Waals surface area contributed by atoms with Gasteiger partial charge in [-0.2, -0.15) is 0 Å². The zero-order valence-corrected chi connectivity index (χ0v) is 11.4. The minimum Gasteiger partial charge on any atom is -0.395 e. The lowest BCUT2D eigenvalue weighted by Gasteiger charge is -2.38. The molecule has 0 aromatic carbocycles.